The lowest BCUT2D eigenvalue weighted by molar-refractivity contribution is -0.119. The topological polar surface area (TPSA) is 55.9 Å². The summed E-state index contributed by atoms with van der Waals surface area (Å²) in [7, 11) is 0. The minimum atomic E-state index is -0.465. The van der Waals surface area contributed by atoms with E-state index in [1.165, 1.54) is 5.56 Å². The van der Waals surface area contributed by atoms with E-state index < -0.39 is 5.92 Å². The number of nitrogens with one attached hydrogen (secondary N) is 1. The molecule has 204 valence electrons. The Kier molecular flexibility index (Phi) is 7.82. The molecule has 3 aromatic rings. The fourth-order valence-corrected chi connectivity index (χ4v) is 7.48. The van der Waals surface area contributed by atoms with Gasteiger partial charge in [-0.05, 0) is 60.2 Å². The van der Waals surface area contributed by atoms with Crippen molar-refractivity contribution in [1.29, 1.82) is 0 Å². The fourth-order valence-electron chi connectivity index (χ4n) is 6.62. The maximum Gasteiger partial charge on any atom is 0.254 e. The van der Waals surface area contributed by atoms with Crippen LogP contribution in [0.5, 0.6) is 0 Å². The Bertz CT molecular complexity index is 1280. The second-order valence-electron chi connectivity index (χ2n) is 11.1. The standard InChI is InChI=1S/C32H38N4O2S/c1-2-34-17-19-35(20-18-34)22-23-13-15-24(16-14-23)33-31(37)29-26-10-5-6-11-27(26)32(38)36(25-8-3-4-9-25)30(29)28-12-7-21-39-28/h5-7,10-16,21,25,29-30H,2-4,8-9,17-20,22H2,1H3,(H,33,37). The second kappa shape index (κ2) is 11.6. The number of hydrogen-bond donors (Lipinski definition) is 1. The molecule has 2 aromatic carbocycles. The molecular formula is C32H38N4O2S. The number of nitrogens with zero attached hydrogens (tertiary/aromatic N) is 3. The lowest BCUT2D eigenvalue weighted by Gasteiger charge is -2.44. The molecule has 7 heteroatoms. The van der Waals surface area contributed by atoms with Gasteiger partial charge < -0.3 is 15.1 Å². The first kappa shape index (κ1) is 26.2. The maximum absolute atomic E-state index is 14.1. The first-order chi connectivity index (χ1) is 19.1. The van der Waals surface area contributed by atoms with Crippen LogP contribution in [0.3, 0.4) is 0 Å². The van der Waals surface area contributed by atoms with Gasteiger partial charge in [-0.3, -0.25) is 14.5 Å². The van der Waals surface area contributed by atoms with Crippen molar-refractivity contribution >= 4 is 28.8 Å². The Balaban J connectivity index is 1.25. The van der Waals surface area contributed by atoms with Gasteiger partial charge in [0.1, 0.15) is 0 Å². The summed E-state index contributed by atoms with van der Waals surface area (Å²) in [6, 6.07) is 20.0. The van der Waals surface area contributed by atoms with Crippen LogP contribution in [0.25, 0.3) is 0 Å². The minimum Gasteiger partial charge on any atom is -0.327 e. The molecule has 1 saturated carbocycles. The van der Waals surface area contributed by atoms with Gasteiger partial charge in [0.25, 0.3) is 5.91 Å². The highest BCUT2D eigenvalue weighted by Gasteiger charge is 2.47. The van der Waals surface area contributed by atoms with Crippen molar-refractivity contribution in [2.75, 3.05) is 38.0 Å². The molecule has 2 atom stereocenters. The zero-order valence-electron chi connectivity index (χ0n) is 22.7. The molecule has 2 unspecified atom stereocenters. The number of anilines is 1. The van der Waals surface area contributed by atoms with E-state index >= 15 is 0 Å². The average Bonchev–Trinajstić information content (AvgIpc) is 3.70. The number of carbonyl (C=O) groups is 2. The number of likely N-dealkylation sites (N-methyl/N-ethyl adjacent to an activating group) is 1. The Labute approximate surface area is 235 Å². The van der Waals surface area contributed by atoms with Gasteiger partial charge in [-0.1, -0.05) is 56.2 Å². The van der Waals surface area contributed by atoms with Crippen LogP contribution in [0.2, 0.25) is 0 Å². The van der Waals surface area contributed by atoms with Gasteiger partial charge in [0.2, 0.25) is 5.91 Å². The summed E-state index contributed by atoms with van der Waals surface area (Å²) in [5, 5.41) is 5.27. The van der Waals surface area contributed by atoms with Gasteiger partial charge in [0.15, 0.2) is 0 Å². The van der Waals surface area contributed by atoms with Gasteiger partial charge >= 0.3 is 0 Å². The molecule has 2 amide bonds. The summed E-state index contributed by atoms with van der Waals surface area (Å²) in [5.74, 6) is -0.462. The van der Waals surface area contributed by atoms with Crippen molar-refractivity contribution in [3.05, 3.63) is 87.6 Å². The van der Waals surface area contributed by atoms with E-state index in [-0.39, 0.29) is 23.9 Å². The molecule has 2 aliphatic heterocycles. The van der Waals surface area contributed by atoms with Crippen molar-refractivity contribution in [2.24, 2.45) is 0 Å². The Hall–Kier alpha value is -3.00. The number of thiophene rings is 1. The van der Waals surface area contributed by atoms with Crippen LogP contribution in [0.15, 0.2) is 66.0 Å². The van der Waals surface area contributed by atoms with Crippen molar-refractivity contribution in [3.8, 4) is 0 Å². The van der Waals surface area contributed by atoms with Crippen LogP contribution >= 0.6 is 11.3 Å². The number of hydrogen-bond acceptors (Lipinski definition) is 5. The number of fused-ring (bicyclic) bond motifs is 1. The average molecular weight is 543 g/mol. The number of carbonyl (C=O) groups excluding carboxylic acids is 2. The van der Waals surface area contributed by atoms with Crippen molar-refractivity contribution in [3.63, 3.8) is 0 Å². The molecule has 0 radical (unpaired) electrons. The summed E-state index contributed by atoms with van der Waals surface area (Å²) in [5.41, 5.74) is 3.55. The predicted molar refractivity (Wildman–Crippen MR) is 157 cm³/mol. The van der Waals surface area contributed by atoms with Crippen LogP contribution < -0.4 is 5.32 Å². The number of benzene rings is 2. The Morgan fingerprint density at radius 2 is 1.64 bits per heavy atom. The van der Waals surface area contributed by atoms with E-state index in [1.54, 1.807) is 11.3 Å². The highest BCUT2D eigenvalue weighted by molar-refractivity contribution is 7.10. The number of piperazine rings is 1. The third kappa shape index (κ3) is 5.40. The van der Waals surface area contributed by atoms with E-state index in [2.05, 4.69) is 40.2 Å². The molecule has 6 nitrogen and oxygen atoms in total. The highest BCUT2D eigenvalue weighted by Crippen LogP contribution is 2.47. The summed E-state index contributed by atoms with van der Waals surface area (Å²) in [6.07, 6.45) is 4.26. The lowest BCUT2D eigenvalue weighted by atomic mass is 9.80. The van der Waals surface area contributed by atoms with Crippen LogP contribution in [0.4, 0.5) is 5.69 Å². The quantitative estimate of drug-likeness (QED) is 0.413. The first-order valence-electron chi connectivity index (χ1n) is 14.4. The van der Waals surface area contributed by atoms with E-state index in [1.807, 2.05) is 52.7 Å². The minimum absolute atomic E-state index is 0.0558. The van der Waals surface area contributed by atoms with Crippen LogP contribution in [0.1, 0.15) is 70.9 Å². The van der Waals surface area contributed by atoms with E-state index in [0.29, 0.717) is 5.56 Å². The Morgan fingerprint density at radius 1 is 0.923 bits per heavy atom. The molecule has 6 rings (SSSR count). The zero-order valence-corrected chi connectivity index (χ0v) is 23.5. The monoisotopic (exact) mass is 542 g/mol. The van der Waals surface area contributed by atoms with E-state index in [9.17, 15) is 9.59 Å². The van der Waals surface area contributed by atoms with Crippen molar-refractivity contribution < 1.29 is 9.59 Å². The molecule has 39 heavy (non-hydrogen) atoms. The van der Waals surface area contributed by atoms with Crippen LogP contribution in [-0.4, -0.2) is 65.3 Å². The molecule has 1 saturated heterocycles. The summed E-state index contributed by atoms with van der Waals surface area (Å²) < 4.78 is 0. The molecule has 3 aliphatic rings. The molecule has 1 N–H and O–H groups in total. The van der Waals surface area contributed by atoms with Crippen LogP contribution in [-0.2, 0) is 11.3 Å². The molecule has 0 bridgehead atoms. The third-order valence-electron chi connectivity index (χ3n) is 8.75. The van der Waals surface area contributed by atoms with Crippen LogP contribution in [0, 0.1) is 0 Å². The molecule has 0 spiro atoms. The lowest BCUT2D eigenvalue weighted by Crippen LogP contribution is -2.49. The molecule has 2 fully saturated rings. The number of amides is 2. The molecule has 1 aromatic heterocycles. The molecule has 3 heterocycles. The van der Waals surface area contributed by atoms with Gasteiger partial charge in [-0.25, -0.2) is 0 Å². The molecular weight excluding hydrogens is 504 g/mol. The third-order valence-corrected chi connectivity index (χ3v) is 9.69. The molecule has 1 aliphatic carbocycles. The maximum atomic E-state index is 14.1. The zero-order chi connectivity index (χ0) is 26.8. The second-order valence-corrected chi connectivity index (χ2v) is 12.1. The van der Waals surface area contributed by atoms with E-state index in [4.69, 9.17) is 0 Å². The first-order valence-corrected chi connectivity index (χ1v) is 15.3. The predicted octanol–water partition coefficient (Wildman–Crippen LogP) is 5.75. The van der Waals surface area contributed by atoms with Gasteiger partial charge in [-0.15, -0.1) is 11.3 Å². The summed E-state index contributed by atoms with van der Waals surface area (Å²) in [4.78, 5) is 36.1. The largest absolute Gasteiger partial charge is 0.327 e. The van der Waals surface area contributed by atoms with Gasteiger partial charge in [0.05, 0.1) is 12.0 Å². The SMILES string of the molecule is CCN1CCN(Cc2ccc(NC(=O)C3c4ccccc4C(=O)N(C4CCCC4)C3c3cccs3)cc2)CC1. The van der Waals surface area contributed by atoms with Gasteiger partial charge in [0, 0.05) is 54.9 Å². The highest BCUT2D eigenvalue weighted by atomic mass is 32.1. The summed E-state index contributed by atoms with van der Waals surface area (Å²) in [6.45, 7) is 8.70. The van der Waals surface area contributed by atoms with Crippen molar-refractivity contribution in [2.45, 2.75) is 57.2 Å². The number of rotatable bonds is 7. The Morgan fingerprint density at radius 3 is 2.33 bits per heavy atom. The van der Waals surface area contributed by atoms with Crippen molar-refractivity contribution in [1.82, 2.24) is 14.7 Å². The normalized spacial score (nSPS) is 22.7. The van der Waals surface area contributed by atoms with E-state index in [0.717, 1.165) is 81.1 Å². The summed E-state index contributed by atoms with van der Waals surface area (Å²) >= 11 is 1.63. The van der Waals surface area contributed by atoms with Gasteiger partial charge in [-0.2, -0.15) is 0 Å². The fraction of sp³-hybridized carbons (Fsp3) is 0.438. The smallest absolute Gasteiger partial charge is 0.254 e.